The van der Waals surface area contributed by atoms with Gasteiger partial charge >= 0.3 is 0 Å². The van der Waals surface area contributed by atoms with Crippen molar-refractivity contribution in [3.63, 3.8) is 0 Å². The number of rotatable bonds is 3. The first-order valence-corrected chi connectivity index (χ1v) is 7.49. The Morgan fingerprint density at radius 2 is 1.50 bits per heavy atom. The van der Waals surface area contributed by atoms with Crippen LogP contribution < -0.4 is 0 Å². The molecule has 0 amide bonds. The maximum Gasteiger partial charge on any atom is 0.0607 e. The van der Waals surface area contributed by atoms with Crippen molar-refractivity contribution in [1.82, 2.24) is 5.06 Å². The van der Waals surface area contributed by atoms with Gasteiger partial charge in [-0.25, -0.2) is 0 Å². The minimum absolute atomic E-state index is 0.0240. The van der Waals surface area contributed by atoms with Gasteiger partial charge < -0.3 is 5.21 Å². The average molecular weight is 289 g/mol. The maximum absolute atomic E-state index is 10.6. The van der Waals surface area contributed by atoms with E-state index in [9.17, 15) is 5.21 Å². The predicted octanol–water partition coefficient (Wildman–Crippen LogP) is 4.58. The third kappa shape index (κ3) is 2.69. The minimum Gasteiger partial charge on any atom is -0.313 e. The Hall–Kier alpha value is -2.34. The Morgan fingerprint density at radius 3 is 1.95 bits per heavy atom. The summed E-state index contributed by atoms with van der Waals surface area (Å²) >= 11 is 0. The van der Waals surface area contributed by atoms with Crippen molar-refractivity contribution >= 4 is 6.08 Å². The van der Waals surface area contributed by atoms with Gasteiger partial charge in [0, 0.05) is 5.56 Å². The SMILES string of the molecule is C#Cc1ccc(C2CCC(c3ccc(C=C)cc3)N2O)cc1. The average Bonchev–Trinajstić information content (AvgIpc) is 2.96. The number of hydroxylamine groups is 2. The van der Waals surface area contributed by atoms with E-state index >= 15 is 0 Å². The van der Waals surface area contributed by atoms with Gasteiger partial charge in [-0.15, -0.1) is 6.42 Å². The van der Waals surface area contributed by atoms with Gasteiger partial charge in [0.25, 0.3) is 0 Å². The van der Waals surface area contributed by atoms with Crippen LogP contribution in [-0.4, -0.2) is 10.3 Å². The van der Waals surface area contributed by atoms with Crippen molar-refractivity contribution in [3.05, 3.63) is 77.4 Å². The summed E-state index contributed by atoms with van der Waals surface area (Å²) in [6.07, 6.45) is 9.08. The number of benzene rings is 2. The summed E-state index contributed by atoms with van der Waals surface area (Å²) in [6.45, 7) is 3.77. The molecule has 1 N–H and O–H groups in total. The lowest BCUT2D eigenvalue weighted by Gasteiger charge is -2.24. The number of nitrogens with zero attached hydrogens (tertiary/aromatic N) is 1. The summed E-state index contributed by atoms with van der Waals surface area (Å²) in [4.78, 5) is 0. The standard InChI is InChI=1S/C20H19NO/c1-3-15-5-9-17(10-6-15)19-13-14-20(21(19)22)18-11-7-16(4-2)8-12-18/h1,4-12,19-20,22H,2,13-14H2. The second kappa shape index (κ2) is 6.19. The Morgan fingerprint density at radius 1 is 1.00 bits per heavy atom. The van der Waals surface area contributed by atoms with E-state index in [0.717, 1.165) is 35.1 Å². The van der Waals surface area contributed by atoms with Crippen LogP contribution in [-0.2, 0) is 0 Å². The lowest BCUT2D eigenvalue weighted by molar-refractivity contribution is -0.137. The first kappa shape index (κ1) is 14.6. The second-order valence-corrected chi connectivity index (χ2v) is 5.63. The zero-order valence-corrected chi connectivity index (χ0v) is 12.4. The van der Waals surface area contributed by atoms with Gasteiger partial charge in [-0.1, -0.05) is 55.0 Å². The van der Waals surface area contributed by atoms with Crippen LogP contribution in [0.25, 0.3) is 6.08 Å². The van der Waals surface area contributed by atoms with Crippen LogP contribution in [0.4, 0.5) is 0 Å². The molecule has 110 valence electrons. The van der Waals surface area contributed by atoms with Crippen LogP contribution in [0.2, 0.25) is 0 Å². The molecule has 2 nitrogen and oxygen atoms in total. The number of terminal acetylenes is 1. The number of hydrogen-bond acceptors (Lipinski definition) is 2. The fraction of sp³-hybridized carbons (Fsp3) is 0.200. The van der Waals surface area contributed by atoms with E-state index < -0.39 is 0 Å². The predicted molar refractivity (Wildman–Crippen MR) is 89.3 cm³/mol. The van der Waals surface area contributed by atoms with Crippen LogP contribution in [0.3, 0.4) is 0 Å². The van der Waals surface area contributed by atoms with E-state index in [4.69, 9.17) is 6.42 Å². The molecule has 2 unspecified atom stereocenters. The third-order valence-electron chi connectivity index (χ3n) is 4.37. The van der Waals surface area contributed by atoms with E-state index in [0.29, 0.717) is 0 Å². The van der Waals surface area contributed by atoms with Gasteiger partial charge in [-0.05, 0) is 41.7 Å². The molecule has 0 radical (unpaired) electrons. The van der Waals surface area contributed by atoms with Crippen LogP contribution in [0.15, 0.2) is 55.1 Å². The summed E-state index contributed by atoms with van der Waals surface area (Å²) in [7, 11) is 0. The zero-order chi connectivity index (χ0) is 15.5. The van der Waals surface area contributed by atoms with Crippen molar-refractivity contribution in [2.75, 3.05) is 0 Å². The van der Waals surface area contributed by atoms with E-state index in [1.54, 1.807) is 0 Å². The molecule has 0 aliphatic carbocycles. The highest BCUT2D eigenvalue weighted by Gasteiger charge is 2.34. The van der Waals surface area contributed by atoms with Gasteiger partial charge in [-0.3, -0.25) is 0 Å². The van der Waals surface area contributed by atoms with Crippen molar-refractivity contribution in [1.29, 1.82) is 0 Å². The highest BCUT2D eigenvalue weighted by Crippen LogP contribution is 2.42. The molecular formula is C20H19NO. The second-order valence-electron chi connectivity index (χ2n) is 5.63. The topological polar surface area (TPSA) is 23.5 Å². The molecule has 0 saturated carbocycles. The van der Waals surface area contributed by atoms with Crippen LogP contribution >= 0.6 is 0 Å². The highest BCUT2D eigenvalue weighted by molar-refractivity contribution is 5.47. The molecule has 1 aliphatic rings. The van der Waals surface area contributed by atoms with E-state index in [1.165, 1.54) is 5.06 Å². The highest BCUT2D eigenvalue weighted by atomic mass is 16.5. The monoisotopic (exact) mass is 289 g/mol. The molecule has 22 heavy (non-hydrogen) atoms. The van der Waals surface area contributed by atoms with Gasteiger partial charge in [0.05, 0.1) is 12.1 Å². The number of hydrogen-bond donors (Lipinski definition) is 1. The first-order chi connectivity index (χ1) is 10.7. The minimum atomic E-state index is 0.0240. The molecule has 2 aromatic rings. The molecule has 2 heteroatoms. The fourth-order valence-corrected chi connectivity index (χ4v) is 3.09. The Balaban J connectivity index is 1.79. The van der Waals surface area contributed by atoms with Crippen LogP contribution in [0.5, 0.6) is 0 Å². The van der Waals surface area contributed by atoms with E-state index in [1.807, 2.05) is 42.5 Å². The molecular weight excluding hydrogens is 270 g/mol. The zero-order valence-electron chi connectivity index (χ0n) is 12.4. The summed E-state index contributed by atoms with van der Waals surface area (Å²) in [5.41, 5.74) is 4.19. The normalized spacial score (nSPS) is 21.5. The van der Waals surface area contributed by atoms with Crippen LogP contribution in [0, 0.1) is 12.3 Å². The van der Waals surface area contributed by atoms with E-state index in [2.05, 4.69) is 24.6 Å². The lowest BCUT2D eigenvalue weighted by atomic mass is 10.0. The van der Waals surface area contributed by atoms with Crippen LogP contribution in [0.1, 0.15) is 47.2 Å². The van der Waals surface area contributed by atoms with Gasteiger partial charge in [0.2, 0.25) is 0 Å². The van der Waals surface area contributed by atoms with Crippen molar-refractivity contribution in [2.45, 2.75) is 24.9 Å². The molecule has 2 atom stereocenters. The fourth-order valence-electron chi connectivity index (χ4n) is 3.09. The summed E-state index contributed by atoms with van der Waals surface area (Å²) in [5.74, 6) is 2.62. The molecule has 3 rings (SSSR count). The summed E-state index contributed by atoms with van der Waals surface area (Å²) in [5, 5.41) is 12.1. The Labute approximate surface area is 131 Å². The molecule has 2 aromatic carbocycles. The van der Waals surface area contributed by atoms with E-state index in [-0.39, 0.29) is 12.1 Å². The molecule has 0 bridgehead atoms. The smallest absolute Gasteiger partial charge is 0.0607 e. The van der Waals surface area contributed by atoms with Gasteiger partial charge in [0.1, 0.15) is 0 Å². The third-order valence-corrected chi connectivity index (χ3v) is 4.37. The van der Waals surface area contributed by atoms with Crippen molar-refractivity contribution < 1.29 is 5.21 Å². The summed E-state index contributed by atoms with van der Waals surface area (Å²) < 4.78 is 0. The molecule has 1 saturated heterocycles. The van der Waals surface area contributed by atoms with Gasteiger partial charge in [-0.2, -0.15) is 5.06 Å². The van der Waals surface area contributed by atoms with Gasteiger partial charge in [0.15, 0.2) is 0 Å². The molecule has 1 heterocycles. The largest absolute Gasteiger partial charge is 0.313 e. The first-order valence-electron chi connectivity index (χ1n) is 7.49. The Bertz CT molecular complexity index is 694. The lowest BCUT2D eigenvalue weighted by Crippen LogP contribution is -2.22. The molecule has 1 aliphatic heterocycles. The summed E-state index contributed by atoms with van der Waals surface area (Å²) in [6, 6.07) is 16.1. The molecule has 0 spiro atoms. The quantitative estimate of drug-likeness (QED) is 0.836. The molecule has 1 fully saturated rings. The van der Waals surface area contributed by atoms with Crippen molar-refractivity contribution in [3.8, 4) is 12.3 Å². The molecule has 0 aromatic heterocycles. The Kier molecular flexibility index (Phi) is 4.11. The maximum atomic E-state index is 10.6. The van der Waals surface area contributed by atoms with Crippen molar-refractivity contribution in [2.24, 2.45) is 0 Å².